The molecule has 2 aromatic rings. The highest BCUT2D eigenvalue weighted by Crippen LogP contribution is 2.32. The van der Waals surface area contributed by atoms with Crippen LogP contribution in [0.25, 0.3) is 6.08 Å². The Balaban J connectivity index is 1.65. The molecule has 0 aliphatic carbocycles. The van der Waals surface area contributed by atoms with Crippen molar-refractivity contribution in [3.63, 3.8) is 0 Å². The number of nitrogens with zero attached hydrogens (tertiary/aromatic N) is 1. The zero-order chi connectivity index (χ0) is 20.8. The average Bonchev–Trinajstić information content (AvgIpc) is 2.97. The van der Waals surface area contributed by atoms with Gasteiger partial charge in [0.15, 0.2) is 0 Å². The number of benzene rings is 2. The molecule has 0 saturated carbocycles. The summed E-state index contributed by atoms with van der Waals surface area (Å²) in [6, 6.07) is 14.6. The third-order valence-corrected chi connectivity index (χ3v) is 5.65. The molecule has 1 N–H and O–H groups in total. The number of hydrogen-bond donors (Lipinski definition) is 1. The maximum atomic E-state index is 12.6. The van der Waals surface area contributed by atoms with Crippen LogP contribution in [0.3, 0.4) is 0 Å². The molecule has 0 unspecified atom stereocenters. The largest absolute Gasteiger partial charge is 0.494 e. The van der Waals surface area contributed by atoms with Crippen molar-refractivity contribution in [2.75, 3.05) is 24.7 Å². The summed E-state index contributed by atoms with van der Waals surface area (Å²) in [4.78, 5) is 39.4. The van der Waals surface area contributed by atoms with Crippen LogP contribution in [0.5, 0.6) is 5.75 Å². The fraction of sp³-hybridized carbons (Fsp3) is 0.190. The number of ether oxygens (including phenoxy) is 1. The first-order chi connectivity index (χ1) is 14.0. The quantitative estimate of drug-likeness (QED) is 0.518. The Morgan fingerprint density at radius 2 is 1.97 bits per heavy atom. The number of rotatable bonds is 7. The lowest BCUT2D eigenvalue weighted by Gasteiger charge is -2.12. The lowest BCUT2D eigenvalue weighted by molar-refractivity contribution is -0.127. The maximum Gasteiger partial charge on any atom is 0.294 e. The number of hydrogen-bond acceptors (Lipinski definition) is 6. The first-order valence-corrected chi connectivity index (χ1v) is 11.0. The molecule has 3 amide bonds. The molecule has 0 aromatic heterocycles. The number of thioether (sulfide) groups is 2. The number of anilines is 1. The molecule has 0 radical (unpaired) electrons. The number of nitrogens with one attached hydrogen (secondary N) is 1. The first-order valence-electron chi connectivity index (χ1n) is 8.92. The van der Waals surface area contributed by atoms with E-state index in [9.17, 15) is 14.4 Å². The number of imide groups is 1. The van der Waals surface area contributed by atoms with Crippen LogP contribution in [0.15, 0.2) is 58.3 Å². The van der Waals surface area contributed by atoms with Crippen molar-refractivity contribution in [2.45, 2.75) is 11.8 Å². The summed E-state index contributed by atoms with van der Waals surface area (Å²) < 4.78 is 5.39. The van der Waals surface area contributed by atoms with Gasteiger partial charge in [0, 0.05) is 10.6 Å². The molecule has 0 bridgehead atoms. The van der Waals surface area contributed by atoms with Crippen LogP contribution in [0.1, 0.15) is 12.5 Å². The topological polar surface area (TPSA) is 75.7 Å². The summed E-state index contributed by atoms with van der Waals surface area (Å²) in [7, 11) is 0. The van der Waals surface area contributed by atoms with E-state index in [1.807, 2.05) is 43.5 Å². The van der Waals surface area contributed by atoms with Gasteiger partial charge in [0.25, 0.3) is 11.1 Å². The second kappa shape index (κ2) is 9.67. The second-order valence-corrected chi connectivity index (χ2v) is 7.92. The molecule has 1 aliphatic rings. The molecule has 6 nitrogen and oxygen atoms in total. The van der Waals surface area contributed by atoms with Gasteiger partial charge in [-0.2, -0.15) is 0 Å². The number of carbonyl (C=O) groups excluding carboxylic acids is 3. The maximum absolute atomic E-state index is 12.6. The summed E-state index contributed by atoms with van der Waals surface area (Å²) in [6.07, 6.45) is 3.58. The van der Waals surface area contributed by atoms with Gasteiger partial charge in [-0.25, -0.2) is 0 Å². The third kappa shape index (κ3) is 5.42. The molecule has 0 atom stereocenters. The van der Waals surface area contributed by atoms with E-state index in [0.717, 1.165) is 32.9 Å². The summed E-state index contributed by atoms with van der Waals surface area (Å²) in [5, 5.41) is 2.27. The standard InChI is InChI=1S/C21H20N2O4S2/c1-3-27-16-9-7-14(8-10-16)11-18-20(25)23(21(26)29-18)13-19(24)22-15-5-4-6-17(12-15)28-2/h4-12H,3,13H2,1-2H3,(H,22,24)/b18-11+. The fourth-order valence-electron chi connectivity index (χ4n) is 2.66. The van der Waals surface area contributed by atoms with E-state index in [4.69, 9.17) is 4.74 Å². The summed E-state index contributed by atoms with van der Waals surface area (Å²) >= 11 is 2.39. The Bertz CT molecular complexity index is 957. The van der Waals surface area contributed by atoms with Crippen LogP contribution >= 0.6 is 23.5 Å². The van der Waals surface area contributed by atoms with E-state index in [1.165, 1.54) is 0 Å². The van der Waals surface area contributed by atoms with E-state index in [2.05, 4.69) is 5.32 Å². The normalized spacial score (nSPS) is 15.1. The molecule has 3 rings (SSSR count). The third-order valence-electron chi connectivity index (χ3n) is 4.02. The Kier molecular flexibility index (Phi) is 7.00. The highest BCUT2D eigenvalue weighted by Gasteiger charge is 2.36. The average molecular weight is 429 g/mol. The number of carbonyl (C=O) groups is 3. The van der Waals surface area contributed by atoms with Crippen LogP contribution in [-0.4, -0.2) is 41.4 Å². The van der Waals surface area contributed by atoms with Crippen molar-refractivity contribution in [3.05, 3.63) is 59.0 Å². The predicted octanol–water partition coefficient (Wildman–Crippen LogP) is 4.48. The molecule has 1 fully saturated rings. The van der Waals surface area contributed by atoms with Crippen molar-refractivity contribution >= 4 is 52.3 Å². The monoisotopic (exact) mass is 428 g/mol. The van der Waals surface area contributed by atoms with Crippen LogP contribution in [0, 0.1) is 0 Å². The lowest BCUT2D eigenvalue weighted by atomic mass is 10.2. The van der Waals surface area contributed by atoms with Gasteiger partial charge in [0.2, 0.25) is 5.91 Å². The van der Waals surface area contributed by atoms with E-state index in [1.54, 1.807) is 36.0 Å². The highest BCUT2D eigenvalue weighted by molar-refractivity contribution is 8.18. The minimum atomic E-state index is -0.470. The predicted molar refractivity (Wildman–Crippen MR) is 117 cm³/mol. The van der Waals surface area contributed by atoms with Gasteiger partial charge in [-0.3, -0.25) is 19.3 Å². The van der Waals surface area contributed by atoms with E-state index < -0.39 is 17.1 Å². The van der Waals surface area contributed by atoms with E-state index >= 15 is 0 Å². The second-order valence-electron chi connectivity index (χ2n) is 6.05. The molecule has 150 valence electrons. The van der Waals surface area contributed by atoms with Crippen molar-refractivity contribution in [1.29, 1.82) is 0 Å². The van der Waals surface area contributed by atoms with Crippen LogP contribution in [0.2, 0.25) is 0 Å². The van der Waals surface area contributed by atoms with E-state index in [-0.39, 0.29) is 11.4 Å². The molecular formula is C21H20N2O4S2. The first kappa shape index (κ1) is 21.0. The zero-order valence-electron chi connectivity index (χ0n) is 16.0. The Hall–Kier alpha value is -2.71. The van der Waals surface area contributed by atoms with Crippen molar-refractivity contribution in [2.24, 2.45) is 0 Å². The van der Waals surface area contributed by atoms with Crippen molar-refractivity contribution in [3.8, 4) is 5.75 Å². The van der Waals surface area contributed by atoms with Crippen molar-refractivity contribution in [1.82, 2.24) is 4.90 Å². The molecule has 29 heavy (non-hydrogen) atoms. The Morgan fingerprint density at radius 1 is 1.21 bits per heavy atom. The molecule has 1 saturated heterocycles. The van der Waals surface area contributed by atoms with Crippen LogP contribution < -0.4 is 10.1 Å². The number of amides is 3. The molecular weight excluding hydrogens is 408 g/mol. The minimum Gasteiger partial charge on any atom is -0.494 e. The van der Waals surface area contributed by atoms with Gasteiger partial charge < -0.3 is 10.1 Å². The van der Waals surface area contributed by atoms with Gasteiger partial charge >= 0.3 is 0 Å². The molecule has 1 aliphatic heterocycles. The smallest absolute Gasteiger partial charge is 0.294 e. The van der Waals surface area contributed by atoms with Gasteiger partial charge in [0.05, 0.1) is 11.5 Å². The summed E-state index contributed by atoms with van der Waals surface area (Å²) in [6.45, 7) is 2.15. The Morgan fingerprint density at radius 3 is 2.66 bits per heavy atom. The van der Waals surface area contributed by atoms with Crippen LogP contribution in [-0.2, 0) is 9.59 Å². The van der Waals surface area contributed by atoms with Crippen LogP contribution in [0.4, 0.5) is 10.5 Å². The molecule has 1 heterocycles. The van der Waals surface area contributed by atoms with Gasteiger partial charge in [-0.05, 0) is 66.9 Å². The summed E-state index contributed by atoms with van der Waals surface area (Å²) in [5.74, 6) is -0.158. The highest BCUT2D eigenvalue weighted by atomic mass is 32.2. The lowest BCUT2D eigenvalue weighted by Crippen LogP contribution is -2.36. The van der Waals surface area contributed by atoms with Gasteiger partial charge in [0.1, 0.15) is 12.3 Å². The Labute approximate surface area is 177 Å². The fourth-order valence-corrected chi connectivity index (χ4v) is 3.96. The van der Waals surface area contributed by atoms with Gasteiger partial charge in [-0.15, -0.1) is 11.8 Å². The minimum absolute atomic E-state index is 0.288. The SMILES string of the molecule is CCOc1ccc(/C=C2/SC(=O)N(CC(=O)Nc3cccc(SC)c3)C2=O)cc1. The summed E-state index contributed by atoms with van der Waals surface area (Å²) in [5.41, 5.74) is 1.40. The zero-order valence-corrected chi connectivity index (χ0v) is 17.6. The molecule has 8 heteroatoms. The molecule has 2 aromatic carbocycles. The molecule has 0 spiro atoms. The van der Waals surface area contributed by atoms with E-state index in [0.29, 0.717) is 12.3 Å². The van der Waals surface area contributed by atoms with Gasteiger partial charge in [-0.1, -0.05) is 18.2 Å². The van der Waals surface area contributed by atoms with Crippen molar-refractivity contribution < 1.29 is 19.1 Å².